The number of hydrogen-bond acceptors (Lipinski definition) is 6. The number of ether oxygens (including phenoxy) is 2. The van der Waals surface area contributed by atoms with Crippen LogP contribution >= 0.6 is 23.4 Å². The topological polar surface area (TPSA) is 61.2 Å². The Bertz CT molecular complexity index is 1420. The summed E-state index contributed by atoms with van der Waals surface area (Å²) < 4.78 is 14.0. The molecule has 1 aromatic heterocycles. The third kappa shape index (κ3) is 3.43. The molecule has 2 atom stereocenters. The Morgan fingerprint density at radius 1 is 1.03 bits per heavy atom. The van der Waals surface area contributed by atoms with E-state index in [9.17, 15) is 0 Å². The summed E-state index contributed by atoms with van der Waals surface area (Å²) in [6.07, 6.45) is 1.61. The molecule has 0 aliphatic carbocycles. The van der Waals surface area contributed by atoms with Gasteiger partial charge in [-0.25, -0.2) is 4.68 Å². The van der Waals surface area contributed by atoms with E-state index in [1.807, 2.05) is 65.5 Å². The Balaban J connectivity index is 1.62. The number of anilines is 1. The number of benzene rings is 3. The number of halogens is 1. The number of thioether (sulfide) groups is 1. The first kappa shape index (κ1) is 21.1. The molecule has 0 fully saturated rings. The minimum absolute atomic E-state index is 0.233. The average molecular weight is 489 g/mol. The van der Waals surface area contributed by atoms with Crippen LogP contribution in [-0.2, 0) is 0 Å². The molecule has 0 radical (unpaired) electrons. The second-order valence-electron chi connectivity index (χ2n) is 8.05. The summed E-state index contributed by atoms with van der Waals surface area (Å²) in [5, 5.41) is 9.75. The minimum atomic E-state index is -0.363. The second-order valence-corrected chi connectivity index (χ2v) is 9.26. The van der Waals surface area contributed by atoms with Gasteiger partial charge in [-0.15, -0.1) is 5.10 Å². The Hall–Kier alpha value is -3.42. The first-order valence-electron chi connectivity index (χ1n) is 10.8. The molecule has 0 saturated heterocycles. The van der Waals surface area contributed by atoms with Gasteiger partial charge < -0.3 is 14.8 Å². The summed E-state index contributed by atoms with van der Waals surface area (Å²) in [6, 6.07) is 23.7. The third-order valence-electron chi connectivity index (χ3n) is 6.13. The molecule has 1 N–H and O–H groups in total. The van der Waals surface area contributed by atoms with Crippen LogP contribution in [0.2, 0.25) is 5.02 Å². The molecule has 6 nitrogen and oxygen atoms in total. The van der Waals surface area contributed by atoms with Crippen molar-refractivity contribution in [3.8, 4) is 11.5 Å². The molecule has 0 amide bonds. The smallest absolute Gasteiger partial charge is 0.227 e. The van der Waals surface area contributed by atoms with E-state index >= 15 is 0 Å². The first-order valence-corrected chi connectivity index (χ1v) is 12.4. The number of rotatable bonds is 4. The SMILES string of the molecule is COc1ccc([C@H]2C3=C(Nc4nc(SC)nn42)c2ccccc2O[C@H]3c2cccc(Cl)c2)cc1. The Morgan fingerprint density at radius 3 is 2.62 bits per heavy atom. The van der Waals surface area contributed by atoms with Crippen molar-refractivity contribution < 1.29 is 9.47 Å². The van der Waals surface area contributed by atoms with Crippen LogP contribution in [0.4, 0.5) is 5.95 Å². The highest BCUT2D eigenvalue weighted by Gasteiger charge is 2.41. The lowest BCUT2D eigenvalue weighted by Crippen LogP contribution is -2.32. The van der Waals surface area contributed by atoms with Crippen molar-refractivity contribution >= 4 is 35.0 Å². The largest absolute Gasteiger partial charge is 0.497 e. The van der Waals surface area contributed by atoms with Gasteiger partial charge in [0.05, 0.1) is 12.8 Å². The van der Waals surface area contributed by atoms with Gasteiger partial charge >= 0.3 is 0 Å². The zero-order valence-corrected chi connectivity index (χ0v) is 20.1. The zero-order valence-electron chi connectivity index (χ0n) is 18.5. The van der Waals surface area contributed by atoms with E-state index in [0.717, 1.165) is 39.5 Å². The fourth-order valence-corrected chi connectivity index (χ4v) is 5.14. The van der Waals surface area contributed by atoms with Crippen molar-refractivity contribution in [2.75, 3.05) is 18.7 Å². The maximum Gasteiger partial charge on any atom is 0.227 e. The van der Waals surface area contributed by atoms with Crippen molar-refractivity contribution in [3.05, 3.63) is 100 Å². The van der Waals surface area contributed by atoms with E-state index in [2.05, 4.69) is 23.5 Å². The van der Waals surface area contributed by atoms with E-state index in [0.29, 0.717) is 16.1 Å². The maximum absolute atomic E-state index is 6.64. The Morgan fingerprint density at radius 2 is 1.85 bits per heavy atom. The van der Waals surface area contributed by atoms with E-state index < -0.39 is 0 Å². The van der Waals surface area contributed by atoms with E-state index in [1.165, 1.54) is 11.8 Å². The van der Waals surface area contributed by atoms with Gasteiger partial charge in [-0.05, 0) is 53.8 Å². The number of hydrogen-bond donors (Lipinski definition) is 1. The minimum Gasteiger partial charge on any atom is -0.497 e. The van der Waals surface area contributed by atoms with Gasteiger partial charge in [-0.1, -0.05) is 59.8 Å². The van der Waals surface area contributed by atoms with Crippen molar-refractivity contribution in [2.45, 2.75) is 17.3 Å². The van der Waals surface area contributed by atoms with Gasteiger partial charge in [0.25, 0.3) is 0 Å². The number of nitrogens with zero attached hydrogens (tertiary/aromatic N) is 3. The normalized spacial score (nSPS) is 18.3. The van der Waals surface area contributed by atoms with E-state index in [4.69, 9.17) is 31.2 Å². The Labute approximate surface area is 206 Å². The van der Waals surface area contributed by atoms with E-state index in [-0.39, 0.29) is 12.1 Å². The fourth-order valence-electron chi connectivity index (χ4n) is 4.60. The second kappa shape index (κ2) is 8.42. The molecule has 34 heavy (non-hydrogen) atoms. The van der Waals surface area contributed by atoms with Crippen LogP contribution in [0.1, 0.15) is 28.8 Å². The molecule has 6 rings (SSSR count). The molecule has 0 unspecified atom stereocenters. The van der Waals surface area contributed by atoms with Crippen LogP contribution in [0.25, 0.3) is 5.70 Å². The quantitative estimate of drug-likeness (QED) is 0.344. The lowest BCUT2D eigenvalue weighted by molar-refractivity contribution is 0.223. The maximum atomic E-state index is 6.64. The summed E-state index contributed by atoms with van der Waals surface area (Å²) in [6.45, 7) is 0. The number of para-hydroxylation sites is 1. The first-order chi connectivity index (χ1) is 16.7. The molecule has 170 valence electrons. The molecule has 0 spiro atoms. The van der Waals surface area contributed by atoms with Gasteiger partial charge in [0.15, 0.2) is 0 Å². The van der Waals surface area contributed by atoms with Crippen LogP contribution in [0.15, 0.2) is 83.5 Å². The molecule has 0 bridgehead atoms. The highest BCUT2D eigenvalue weighted by atomic mass is 35.5. The van der Waals surface area contributed by atoms with Crippen LogP contribution in [-0.4, -0.2) is 28.1 Å². The number of aromatic nitrogens is 3. The van der Waals surface area contributed by atoms with Crippen molar-refractivity contribution in [1.82, 2.24) is 14.8 Å². The third-order valence-corrected chi connectivity index (χ3v) is 6.90. The fraction of sp³-hybridized carbons (Fsp3) is 0.154. The number of fused-ring (bicyclic) bond motifs is 3. The van der Waals surface area contributed by atoms with Gasteiger partial charge in [0.1, 0.15) is 23.6 Å². The molecule has 4 aromatic rings. The van der Waals surface area contributed by atoms with Crippen molar-refractivity contribution in [3.63, 3.8) is 0 Å². The molecule has 0 saturated carbocycles. The standard InChI is InChI=1S/C26H21ClN4O2S/c1-32-18-12-10-15(11-13-18)23-21-22(28-25-29-26(34-2)30-31(23)25)19-8-3-4-9-20(19)33-24(21)16-6-5-7-17(27)14-16/h3-14,23-24H,1-2H3,(H,28,29,30)/t23-,24-/m0/s1. The molecule has 3 aromatic carbocycles. The van der Waals surface area contributed by atoms with Crippen LogP contribution in [0, 0.1) is 0 Å². The Kier molecular flexibility index (Phi) is 5.23. The summed E-state index contributed by atoms with van der Waals surface area (Å²) in [5.74, 6) is 2.31. The lowest BCUT2D eigenvalue weighted by Gasteiger charge is -2.39. The van der Waals surface area contributed by atoms with Crippen LogP contribution in [0.5, 0.6) is 11.5 Å². The lowest BCUT2D eigenvalue weighted by atomic mass is 9.84. The van der Waals surface area contributed by atoms with Crippen molar-refractivity contribution in [1.29, 1.82) is 0 Å². The van der Waals surface area contributed by atoms with Crippen LogP contribution < -0.4 is 14.8 Å². The van der Waals surface area contributed by atoms with Crippen LogP contribution in [0.3, 0.4) is 0 Å². The predicted molar refractivity (Wildman–Crippen MR) is 135 cm³/mol. The zero-order chi connectivity index (χ0) is 23.2. The number of methoxy groups -OCH3 is 1. The predicted octanol–water partition coefficient (Wildman–Crippen LogP) is 6.22. The molecular weight excluding hydrogens is 468 g/mol. The summed E-state index contributed by atoms with van der Waals surface area (Å²) in [4.78, 5) is 4.74. The average Bonchev–Trinajstić information content (AvgIpc) is 3.30. The highest BCUT2D eigenvalue weighted by Crippen LogP contribution is 2.51. The van der Waals surface area contributed by atoms with Crippen molar-refractivity contribution in [2.24, 2.45) is 0 Å². The molecular formula is C26H21ClN4O2S. The van der Waals surface area contributed by atoms with Gasteiger partial charge in [0, 0.05) is 16.2 Å². The number of nitrogens with one attached hydrogen (secondary N) is 1. The van der Waals surface area contributed by atoms with Gasteiger partial charge in [0.2, 0.25) is 11.1 Å². The van der Waals surface area contributed by atoms with Gasteiger partial charge in [-0.3, -0.25) is 0 Å². The van der Waals surface area contributed by atoms with Gasteiger partial charge in [-0.2, -0.15) is 4.98 Å². The summed E-state index contributed by atoms with van der Waals surface area (Å²) >= 11 is 7.91. The molecule has 8 heteroatoms. The molecule has 3 heterocycles. The van der Waals surface area contributed by atoms with E-state index in [1.54, 1.807) is 7.11 Å². The summed E-state index contributed by atoms with van der Waals surface area (Å²) in [5.41, 5.74) is 5.07. The highest BCUT2D eigenvalue weighted by molar-refractivity contribution is 7.98. The summed E-state index contributed by atoms with van der Waals surface area (Å²) in [7, 11) is 1.67. The monoisotopic (exact) mass is 488 g/mol. The molecule has 2 aliphatic heterocycles. The molecule has 2 aliphatic rings.